The van der Waals surface area contributed by atoms with Crippen molar-refractivity contribution in [1.82, 2.24) is 0 Å². The topological polar surface area (TPSA) is 54.5 Å². The van der Waals surface area contributed by atoms with Crippen molar-refractivity contribution in [2.24, 2.45) is 5.92 Å². The smallest absolute Gasteiger partial charge is 0.302 e. The Hall–Kier alpha value is -1.57. The van der Waals surface area contributed by atoms with Crippen molar-refractivity contribution in [3.63, 3.8) is 0 Å². The van der Waals surface area contributed by atoms with Gasteiger partial charge in [-0.3, -0.25) is 4.79 Å². The summed E-state index contributed by atoms with van der Waals surface area (Å²) < 4.78 is 59.7. The Morgan fingerprint density at radius 1 is 1.21 bits per heavy atom. The maximum atomic E-state index is 13.0. The Labute approximate surface area is 108 Å². The van der Waals surface area contributed by atoms with Crippen LogP contribution in [0.5, 0.6) is 0 Å². The normalized spacial score (nSPS) is 20.1. The van der Waals surface area contributed by atoms with Crippen molar-refractivity contribution in [2.75, 3.05) is 17.2 Å². The van der Waals surface area contributed by atoms with Gasteiger partial charge in [-0.1, -0.05) is 0 Å². The molecule has 1 heterocycles. The summed E-state index contributed by atoms with van der Waals surface area (Å²) in [4.78, 5) is 12.7. The molecular formula is C11H10F3NO3S. The molecule has 1 atom stereocenters. The second kappa shape index (κ2) is 4.84. The van der Waals surface area contributed by atoms with Gasteiger partial charge in [0.2, 0.25) is 5.91 Å². The highest BCUT2D eigenvalue weighted by atomic mass is 32.3. The molecule has 0 spiro atoms. The van der Waals surface area contributed by atoms with Crippen molar-refractivity contribution >= 4 is 21.8 Å². The molecule has 0 N–H and O–H groups in total. The predicted molar refractivity (Wildman–Crippen MR) is 61.7 cm³/mol. The van der Waals surface area contributed by atoms with Crippen LogP contribution in [-0.2, 0) is 15.0 Å². The van der Waals surface area contributed by atoms with E-state index < -0.39 is 39.4 Å². The minimum Gasteiger partial charge on any atom is -0.312 e. The number of carbonyl (C=O) groups is 1. The molecule has 1 fully saturated rings. The molecule has 0 aromatic heterocycles. The highest BCUT2D eigenvalue weighted by Crippen LogP contribution is 2.27. The Bertz CT molecular complexity index is 597. The molecule has 1 aliphatic rings. The Balaban J connectivity index is 2.20. The first kappa shape index (κ1) is 13.9. The van der Waals surface area contributed by atoms with Gasteiger partial charge in [0.15, 0.2) is 0 Å². The van der Waals surface area contributed by atoms with Gasteiger partial charge in [0.05, 0.1) is 5.75 Å². The zero-order valence-electron chi connectivity index (χ0n) is 9.64. The highest BCUT2D eigenvalue weighted by Gasteiger charge is 2.33. The average molecular weight is 293 g/mol. The molecular weight excluding hydrogens is 283 g/mol. The van der Waals surface area contributed by atoms with Crippen LogP contribution in [-0.4, -0.2) is 26.6 Å². The van der Waals surface area contributed by atoms with E-state index in [-0.39, 0.29) is 18.7 Å². The SMILES string of the molecule is O=C1CC(CS(=O)(=O)F)CN1c1cc(F)cc(F)c1. The first-order valence-electron chi connectivity index (χ1n) is 5.43. The minimum atomic E-state index is -4.68. The van der Waals surface area contributed by atoms with Crippen LogP contribution in [0.2, 0.25) is 0 Å². The number of rotatable bonds is 3. The van der Waals surface area contributed by atoms with Crippen LogP contribution >= 0.6 is 0 Å². The maximum Gasteiger partial charge on any atom is 0.302 e. The van der Waals surface area contributed by atoms with Crippen molar-refractivity contribution in [2.45, 2.75) is 6.42 Å². The fraction of sp³-hybridized carbons (Fsp3) is 0.364. The van der Waals surface area contributed by atoms with Crippen molar-refractivity contribution in [3.8, 4) is 0 Å². The molecule has 0 radical (unpaired) electrons. The van der Waals surface area contributed by atoms with Gasteiger partial charge in [0, 0.05) is 30.6 Å². The summed E-state index contributed by atoms with van der Waals surface area (Å²) in [5.74, 6) is -3.66. The molecule has 1 aliphatic heterocycles. The molecule has 0 bridgehead atoms. The fourth-order valence-corrected chi connectivity index (χ4v) is 2.91. The summed E-state index contributed by atoms with van der Waals surface area (Å²) in [5, 5.41) is 0. The third-order valence-electron chi connectivity index (χ3n) is 2.80. The van der Waals surface area contributed by atoms with Gasteiger partial charge >= 0.3 is 10.2 Å². The summed E-state index contributed by atoms with van der Waals surface area (Å²) >= 11 is 0. The lowest BCUT2D eigenvalue weighted by Gasteiger charge is -2.16. The number of benzene rings is 1. The standard InChI is InChI=1S/C11H10F3NO3S/c12-8-2-9(13)4-10(3-8)15-5-7(1-11(15)16)6-19(14,17)18/h2-4,7H,1,5-6H2. The van der Waals surface area contributed by atoms with Crippen LogP contribution in [0.3, 0.4) is 0 Å². The van der Waals surface area contributed by atoms with Gasteiger partial charge < -0.3 is 4.90 Å². The van der Waals surface area contributed by atoms with E-state index in [2.05, 4.69) is 0 Å². The van der Waals surface area contributed by atoms with Gasteiger partial charge in [-0.05, 0) is 12.1 Å². The van der Waals surface area contributed by atoms with E-state index in [1.165, 1.54) is 0 Å². The summed E-state index contributed by atoms with van der Waals surface area (Å²) in [5.41, 5.74) is 0.00116. The number of hydrogen-bond acceptors (Lipinski definition) is 3. The van der Waals surface area contributed by atoms with E-state index in [1.54, 1.807) is 0 Å². The first-order valence-corrected chi connectivity index (χ1v) is 6.98. The lowest BCUT2D eigenvalue weighted by molar-refractivity contribution is -0.117. The summed E-state index contributed by atoms with van der Waals surface area (Å²) in [7, 11) is -4.68. The van der Waals surface area contributed by atoms with Crippen LogP contribution in [0, 0.1) is 17.6 Å². The molecule has 104 valence electrons. The second-order valence-corrected chi connectivity index (χ2v) is 5.82. The van der Waals surface area contributed by atoms with Crippen LogP contribution < -0.4 is 4.90 Å². The van der Waals surface area contributed by atoms with Gasteiger partial charge in [0.25, 0.3) is 0 Å². The van der Waals surface area contributed by atoms with Crippen molar-refractivity contribution in [3.05, 3.63) is 29.8 Å². The average Bonchev–Trinajstić information content (AvgIpc) is 2.54. The van der Waals surface area contributed by atoms with Crippen molar-refractivity contribution in [1.29, 1.82) is 0 Å². The third-order valence-corrected chi connectivity index (χ3v) is 3.67. The van der Waals surface area contributed by atoms with Gasteiger partial charge in [-0.25, -0.2) is 8.78 Å². The molecule has 1 aromatic rings. The molecule has 1 saturated heterocycles. The quantitative estimate of drug-likeness (QED) is 0.796. The number of amides is 1. The Morgan fingerprint density at radius 3 is 2.32 bits per heavy atom. The third kappa shape index (κ3) is 3.46. The lowest BCUT2D eigenvalue weighted by Crippen LogP contribution is -2.25. The molecule has 1 amide bonds. The largest absolute Gasteiger partial charge is 0.312 e. The summed E-state index contributed by atoms with van der Waals surface area (Å²) in [6.07, 6.45) is -0.165. The molecule has 8 heteroatoms. The minimum absolute atomic E-state index is 0.00116. The number of halogens is 3. The molecule has 19 heavy (non-hydrogen) atoms. The fourth-order valence-electron chi connectivity index (χ4n) is 2.12. The second-order valence-electron chi connectivity index (χ2n) is 4.41. The van der Waals surface area contributed by atoms with Gasteiger partial charge in [-0.2, -0.15) is 8.42 Å². The number of hydrogen-bond donors (Lipinski definition) is 0. The van der Waals surface area contributed by atoms with Crippen LogP contribution in [0.15, 0.2) is 18.2 Å². The van der Waals surface area contributed by atoms with Crippen LogP contribution in [0.25, 0.3) is 0 Å². The monoisotopic (exact) mass is 293 g/mol. The van der Waals surface area contributed by atoms with E-state index >= 15 is 0 Å². The zero-order valence-corrected chi connectivity index (χ0v) is 10.5. The molecule has 0 saturated carbocycles. The van der Waals surface area contributed by atoms with E-state index in [1.807, 2.05) is 0 Å². The molecule has 4 nitrogen and oxygen atoms in total. The highest BCUT2D eigenvalue weighted by molar-refractivity contribution is 7.86. The first-order chi connectivity index (χ1) is 8.74. The summed E-state index contributed by atoms with van der Waals surface area (Å²) in [6.45, 7) is -0.0785. The van der Waals surface area contributed by atoms with Gasteiger partial charge in [0.1, 0.15) is 11.6 Å². The number of carbonyl (C=O) groups excluding carboxylic acids is 1. The zero-order chi connectivity index (χ0) is 14.2. The Kier molecular flexibility index (Phi) is 3.53. The van der Waals surface area contributed by atoms with Crippen LogP contribution in [0.1, 0.15) is 6.42 Å². The van der Waals surface area contributed by atoms with E-state index in [0.29, 0.717) is 6.07 Å². The van der Waals surface area contributed by atoms with E-state index in [0.717, 1.165) is 17.0 Å². The van der Waals surface area contributed by atoms with E-state index in [9.17, 15) is 25.9 Å². The molecule has 1 unspecified atom stereocenters. The van der Waals surface area contributed by atoms with Crippen LogP contribution in [0.4, 0.5) is 18.4 Å². The summed E-state index contributed by atoms with van der Waals surface area (Å²) in [6, 6.07) is 2.59. The molecule has 1 aromatic carbocycles. The van der Waals surface area contributed by atoms with Crippen molar-refractivity contribution < 1.29 is 25.9 Å². The Morgan fingerprint density at radius 2 is 1.79 bits per heavy atom. The number of nitrogens with zero attached hydrogens (tertiary/aromatic N) is 1. The van der Waals surface area contributed by atoms with Gasteiger partial charge in [-0.15, -0.1) is 3.89 Å². The van der Waals surface area contributed by atoms with E-state index in [4.69, 9.17) is 0 Å². The molecule has 2 rings (SSSR count). The number of anilines is 1. The predicted octanol–water partition coefficient (Wildman–Crippen LogP) is 1.62. The molecule has 0 aliphatic carbocycles. The maximum absolute atomic E-state index is 13.0. The lowest BCUT2D eigenvalue weighted by atomic mass is 10.1.